The molecule has 1 aromatic heterocycles. The quantitative estimate of drug-likeness (QED) is 0.171. The van der Waals surface area contributed by atoms with Crippen molar-refractivity contribution in [2.24, 2.45) is 0 Å². The van der Waals surface area contributed by atoms with Gasteiger partial charge < -0.3 is 33.1 Å². The van der Waals surface area contributed by atoms with Gasteiger partial charge in [0, 0.05) is 18.7 Å². The fraction of sp³-hybridized carbons (Fsp3) is 0.700. The number of alkyl carbamates (subject to hydrolysis) is 1. The highest BCUT2D eigenvalue weighted by molar-refractivity contribution is 6.74. The molecule has 13 nitrogen and oxygen atoms in total. The molecule has 1 fully saturated rings. The lowest BCUT2D eigenvalue weighted by Crippen LogP contribution is -2.55. The van der Waals surface area contributed by atoms with Crippen molar-refractivity contribution in [1.29, 1.82) is 0 Å². The minimum absolute atomic E-state index is 0.0107. The summed E-state index contributed by atoms with van der Waals surface area (Å²) in [6.07, 6.45) is -3.03. The van der Waals surface area contributed by atoms with Gasteiger partial charge in [-0.05, 0) is 95.5 Å². The molecule has 5 atom stereocenters. The molecule has 0 aliphatic carbocycles. The van der Waals surface area contributed by atoms with Crippen LogP contribution in [0.1, 0.15) is 101 Å². The summed E-state index contributed by atoms with van der Waals surface area (Å²) in [5.74, 6) is -0.0280. The SMILES string of the molecule is COc1ccc(Cn2c(=O)ccn([C@@H]3O[C@H](C[C@H](NC(=O)OC(C)(C)C)C(=O)OC(C)(C)C)[C@@H](O[Si](C)(C)C(C)(C)C)[C@H]3O[Si](C)(C)C(C)(C)C)c2=O)cc1. The largest absolute Gasteiger partial charge is 0.497 e. The topological polar surface area (TPSA) is 146 Å². The van der Waals surface area contributed by atoms with E-state index in [1.165, 1.54) is 16.8 Å². The molecule has 0 spiro atoms. The Hall–Kier alpha value is -3.25. The smallest absolute Gasteiger partial charge is 0.408 e. The van der Waals surface area contributed by atoms with Crippen LogP contribution in [0.5, 0.6) is 5.75 Å². The third-order valence-electron chi connectivity index (χ3n) is 10.5. The highest BCUT2D eigenvalue weighted by Crippen LogP contribution is 2.46. The second-order valence-corrected chi connectivity index (χ2v) is 29.0. The lowest BCUT2D eigenvalue weighted by atomic mass is 10.0. The van der Waals surface area contributed by atoms with Crippen LogP contribution in [-0.4, -0.2) is 80.5 Å². The molecule has 310 valence electrons. The zero-order valence-corrected chi connectivity index (χ0v) is 38.2. The Morgan fingerprint density at radius 1 is 0.782 bits per heavy atom. The molecule has 15 heteroatoms. The number of carbonyl (C=O) groups is 2. The van der Waals surface area contributed by atoms with E-state index in [4.69, 9.17) is 27.8 Å². The molecule has 1 amide bonds. The first kappa shape index (κ1) is 46.1. The summed E-state index contributed by atoms with van der Waals surface area (Å²) in [7, 11) is -3.65. The predicted molar refractivity (Wildman–Crippen MR) is 219 cm³/mol. The van der Waals surface area contributed by atoms with Crippen LogP contribution in [0.2, 0.25) is 36.3 Å². The predicted octanol–water partition coefficient (Wildman–Crippen LogP) is 7.37. The van der Waals surface area contributed by atoms with E-state index in [0.717, 1.165) is 10.1 Å². The van der Waals surface area contributed by atoms with Gasteiger partial charge in [-0.1, -0.05) is 53.7 Å². The molecule has 55 heavy (non-hydrogen) atoms. The van der Waals surface area contributed by atoms with Crippen LogP contribution in [0.15, 0.2) is 46.1 Å². The summed E-state index contributed by atoms with van der Waals surface area (Å²) in [6.45, 7) is 31.6. The number of benzene rings is 1. The lowest BCUT2D eigenvalue weighted by Gasteiger charge is -2.44. The van der Waals surface area contributed by atoms with Crippen LogP contribution in [-0.2, 0) is 34.4 Å². The van der Waals surface area contributed by atoms with Crippen molar-refractivity contribution in [2.45, 2.75) is 174 Å². The van der Waals surface area contributed by atoms with Crippen LogP contribution in [0.3, 0.4) is 0 Å². The van der Waals surface area contributed by atoms with Crippen LogP contribution < -0.4 is 21.3 Å². The third-order valence-corrected chi connectivity index (χ3v) is 19.4. The van der Waals surface area contributed by atoms with Crippen molar-refractivity contribution >= 4 is 28.7 Å². The molecule has 0 bridgehead atoms. The van der Waals surface area contributed by atoms with E-state index in [1.54, 1.807) is 72.9 Å². The van der Waals surface area contributed by atoms with E-state index in [0.29, 0.717) is 5.75 Å². The first-order chi connectivity index (χ1) is 24.9. The summed E-state index contributed by atoms with van der Waals surface area (Å²) < 4.78 is 40.4. The number of hydrogen-bond acceptors (Lipinski definition) is 10. The maximum atomic E-state index is 14.4. The summed E-state index contributed by atoms with van der Waals surface area (Å²) in [5.41, 5.74) is -2.04. The van der Waals surface area contributed by atoms with Gasteiger partial charge in [-0.15, -0.1) is 0 Å². The van der Waals surface area contributed by atoms with Crippen molar-refractivity contribution in [1.82, 2.24) is 14.5 Å². The Labute approximate surface area is 329 Å². The number of esters is 1. The number of nitrogens with zero attached hydrogens (tertiary/aromatic N) is 2. The Morgan fingerprint density at radius 3 is 1.76 bits per heavy atom. The van der Waals surface area contributed by atoms with E-state index >= 15 is 0 Å². The van der Waals surface area contributed by atoms with Gasteiger partial charge in [-0.3, -0.25) is 13.9 Å². The lowest BCUT2D eigenvalue weighted by molar-refractivity contribution is -0.159. The average molecular weight is 806 g/mol. The molecule has 2 aromatic rings. The summed E-state index contributed by atoms with van der Waals surface area (Å²) >= 11 is 0. The normalized spacial score (nSPS) is 20.5. The van der Waals surface area contributed by atoms with Crippen LogP contribution >= 0.6 is 0 Å². The average Bonchev–Trinajstić information content (AvgIpc) is 3.30. The first-order valence-electron chi connectivity index (χ1n) is 19.0. The Morgan fingerprint density at radius 2 is 1.29 bits per heavy atom. The molecule has 0 unspecified atom stereocenters. The minimum Gasteiger partial charge on any atom is -0.497 e. The van der Waals surface area contributed by atoms with Crippen molar-refractivity contribution in [2.75, 3.05) is 7.11 Å². The second-order valence-electron chi connectivity index (χ2n) is 19.5. The number of methoxy groups -OCH3 is 1. The molecule has 1 aliphatic rings. The van der Waals surface area contributed by atoms with Gasteiger partial charge in [-0.2, -0.15) is 0 Å². The summed E-state index contributed by atoms with van der Waals surface area (Å²) in [6, 6.07) is 7.26. The zero-order chi connectivity index (χ0) is 42.1. The Kier molecular flexibility index (Phi) is 14.0. The minimum atomic E-state index is -2.62. The van der Waals surface area contributed by atoms with Crippen molar-refractivity contribution in [3.63, 3.8) is 0 Å². The van der Waals surface area contributed by atoms with Gasteiger partial charge in [0.2, 0.25) is 0 Å². The molecular weight excluding hydrogens is 739 g/mol. The summed E-state index contributed by atoms with van der Waals surface area (Å²) in [5, 5.41) is 2.25. The van der Waals surface area contributed by atoms with E-state index in [1.807, 2.05) is 0 Å². The number of amides is 1. The first-order valence-corrected chi connectivity index (χ1v) is 24.9. The van der Waals surface area contributed by atoms with Gasteiger partial charge in [0.05, 0.1) is 19.8 Å². The van der Waals surface area contributed by atoms with E-state index in [9.17, 15) is 19.2 Å². The van der Waals surface area contributed by atoms with Gasteiger partial charge in [0.1, 0.15) is 35.2 Å². The molecule has 1 aromatic carbocycles. The molecule has 1 saturated heterocycles. The van der Waals surface area contributed by atoms with Gasteiger partial charge in [0.25, 0.3) is 5.56 Å². The van der Waals surface area contributed by atoms with E-state index in [2.05, 4.69) is 73.0 Å². The second kappa shape index (κ2) is 16.7. The standard InChI is InChI=1S/C40H67N3O10Si2/c1-37(2,3)50-34(45)28(41-35(46)51-38(4,5)6)24-29-31(52-54(14,15)39(7,8)9)32(53-55(16,17)40(10,11)12)33(49-29)42-23-22-30(44)43(36(42)47)25-26-18-20-27(48-13)21-19-26/h18-23,28-29,31-33H,24-25H2,1-17H3,(H,41,46)/t28-,29+,31+,32+,33+/m0/s1. The fourth-order valence-corrected chi connectivity index (χ4v) is 8.08. The number of aromatic nitrogens is 2. The number of hydrogen-bond donors (Lipinski definition) is 1. The molecule has 0 saturated carbocycles. The van der Waals surface area contributed by atoms with Gasteiger partial charge in [-0.25, -0.2) is 14.4 Å². The maximum Gasteiger partial charge on any atom is 0.408 e. The number of ether oxygens (including phenoxy) is 4. The molecular formula is C40H67N3O10Si2. The summed E-state index contributed by atoms with van der Waals surface area (Å²) in [4.78, 5) is 54.7. The highest BCUT2D eigenvalue weighted by Gasteiger charge is 2.55. The Balaban J connectivity index is 2.26. The number of carbonyl (C=O) groups excluding carboxylic acids is 2. The van der Waals surface area contributed by atoms with Crippen molar-refractivity contribution in [3.8, 4) is 5.75 Å². The molecule has 1 aliphatic heterocycles. The van der Waals surface area contributed by atoms with Gasteiger partial charge in [0.15, 0.2) is 22.9 Å². The Bertz CT molecular complexity index is 1760. The van der Waals surface area contributed by atoms with Crippen molar-refractivity contribution in [3.05, 3.63) is 62.9 Å². The molecule has 1 N–H and O–H groups in total. The highest BCUT2D eigenvalue weighted by atomic mass is 28.4. The number of nitrogens with one attached hydrogen (secondary N) is 1. The zero-order valence-electron chi connectivity index (χ0n) is 36.2. The monoisotopic (exact) mass is 805 g/mol. The maximum absolute atomic E-state index is 14.4. The van der Waals surface area contributed by atoms with Crippen molar-refractivity contribution < 1.29 is 37.4 Å². The molecule has 2 heterocycles. The molecule has 3 rings (SSSR count). The van der Waals surface area contributed by atoms with Crippen LogP contribution in [0.25, 0.3) is 0 Å². The number of rotatable bonds is 12. The van der Waals surface area contributed by atoms with E-state index < -0.39 is 81.7 Å². The fourth-order valence-electron chi connectivity index (χ4n) is 5.48. The van der Waals surface area contributed by atoms with Crippen LogP contribution in [0.4, 0.5) is 4.79 Å². The van der Waals surface area contributed by atoms with E-state index in [-0.39, 0.29) is 23.0 Å². The molecule has 0 radical (unpaired) electrons. The van der Waals surface area contributed by atoms with Crippen LogP contribution in [0, 0.1) is 0 Å². The third kappa shape index (κ3) is 12.1. The van der Waals surface area contributed by atoms with Gasteiger partial charge >= 0.3 is 17.8 Å².